The zero-order chi connectivity index (χ0) is 12.4. The summed E-state index contributed by atoms with van der Waals surface area (Å²) in [6.45, 7) is 2.74. The van der Waals surface area contributed by atoms with Gasteiger partial charge in [-0.1, -0.05) is 11.6 Å². The minimum absolute atomic E-state index is 0.0149. The van der Waals surface area contributed by atoms with E-state index < -0.39 is 4.92 Å². The number of rotatable bonds is 2. The Labute approximate surface area is 112 Å². The van der Waals surface area contributed by atoms with Crippen LogP contribution in [0.5, 0.6) is 0 Å². The molecule has 0 bridgehead atoms. The SMILES string of the molecule is O=[N+]([O-])c1cc(Cl)c(N2CCOCC2)c(Br)c1. The van der Waals surface area contributed by atoms with Crippen molar-refractivity contribution >= 4 is 38.9 Å². The van der Waals surface area contributed by atoms with Crippen LogP contribution in [0.15, 0.2) is 16.6 Å². The van der Waals surface area contributed by atoms with Crippen LogP contribution in [-0.2, 0) is 4.74 Å². The maximum absolute atomic E-state index is 10.7. The first-order valence-electron chi connectivity index (χ1n) is 5.05. The van der Waals surface area contributed by atoms with E-state index in [2.05, 4.69) is 20.8 Å². The monoisotopic (exact) mass is 320 g/mol. The molecule has 0 radical (unpaired) electrons. The fourth-order valence-corrected chi connectivity index (χ4v) is 2.89. The van der Waals surface area contributed by atoms with E-state index in [0.717, 1.165) is 18.8 Å². The van der Waals surface area contributed by atoms with Crippen LogP contribution in [0.3, 0.4) is 0 Å². The van der Waals surface area contributed by atoms with E-state index in [1.807, 2.05) is 0 Å². The molecule has 5 nitrogen and oxygen atoms in total. The summed E-state index contributed by atoms with van der Waals surface area (Å²) in [6.07, 6.45) is 0. The van der Waals surface area contributed by atoms with Gasteiger partial charge in [-0.3, -0.25) is 10.1 Å². The average Bonchev–Trinajstić information content (AvgIpc) is 2.29. The third-order valence-electron chi connectivity index (χ3n) is 2.54. The third kappa shape index (κ3) is 2.70. The summed E-state index contributed by atoms with van der Waals surface area (Å²) in [5, 5.41) is 11.1. The standard InChI is InChI=1S/C10H10BrClN2O3/c11-8-5-7(14(15)16)6-9(12)10(8)13-1-3-17-4-2-13/h5-6H,1-4H2. The van der Waals surface area contributed by atoms with E-state index in [1.54, 1.807) is 0 Å². The molecule has 2 rings (SSSR count). The highest BCUT2D eigenvalue weighted by Gasteiger charge is 2.20. The number of hydrogen-bond acceptors (Lipinski definition) is 4. The summed E-state index contributed by atoms with van der Waals surface area (Å²) in [5.41, 5.74) is 0.777. The molecule has 0 N–H and O–H groups in total. The van der Waals surface area contributed by atoms with Crippen LogP contribution in [0.4, 0.5) is 11.4 Å². The summed E-state index contributed by atoms with van der Waals surface area (Å²) in [4.78, 5) is 12.3. The Hall–Kier alpha value is -0.850. The normalized spacial score (nSPS) is 16.0. The third-order valence-corrected chi connectivity index (χ3v) is 3.43. The van der Waals surface area contributed by atoms with Crippen molar-refractivity contribution in [1.82, 2.24) is 0 Å². The van der Waals surface area contributed by atoms with Crippen molar-refractivity contribution in [2.45, 2.75) is 0 Å². The number of benzene rings is 1. The van der Waals surface area contributed by atoms with Gasteiger partial charge in [0.2, 0.25) is 0 Å². The van der Waals surface area contributed by atoms with Gasteiger partial charge in [0.15, 0.2) is 0 Å². The molecule has 0 aromatic heterocycles. The first kappa shape index (κ1) is 12.6. The molecule has 1 saturated heterocycles. The molecule has 1 aliphatic heterocycles. The molecule has 1 aromatic rings. The number of halogens is 2. The highest BCUT2D eigenvalue weighted by molar-refractivity contribution is 9.10. The van der Waals surface area contributed by atoms with Crippen molar-refractivity contribution in [3.63, 3.8) is 0 Å². The molecule has 0 atom stereocenters. The second-order valence-corrected chi connectivity index (χ2v) is 4.88. The Morgan fingerprint density at radius 3 is 2.59 bits per heavy atom. The second-order valence-electron chi connectivity index (χ2n) is 3.61. The second kappa shape index (κ2) is 5.20. The minimum atomic E-state index is -0.459. The van der Waals surface area contributed by atoms with Crippen LogP contribution in [0.1, 0.15) is 0 Å². The lowest BCUT2D eigenvalue weighted by Crippen LogP contribution is -2.36. The predicted molar refractivity (Wildman–Crippen MR) is 68.8 cm³/mol. The molecule has 92 valence electrons. The van der Waals surface area contributed by atoms with Crippen LogP contribution in [0, 0.1) is 10.1 Å². The fourth-order valence-electron chi connectivity index (χ4n) is 1.75. The van der Waals surface area contributed by atoms with E-state index >= 15 is 0 Å². The van der Waals surface area contributed by atoms with Crippen LogP contribution in [-0.4, -0.2) is 31.2 Å². The predicted octanol–water partition coefficient (Wildman–Crippen LogP) is 2.85. The smallest absolute Gasteiger partial charge is 0.272 e. The maximum Gasteiger partial charge on any atom is 0.272 e. The Balaban J connectivity index is 2.37. The largest absolute Gasteiger partial charge is 0.378 e. The number of nitro benzene ring substituents is 1. The summed E-state index contributed by atoms with van der Waals surface area (Å²) in [6, 6.07) is 2.84. The van der Waals surface area contributed by atoms with E-state index in [-0.39, 0.29) is 5.69 Å². The van der Waals surface area contributed by atoms with Crippen LogP contribution >= 0.6 is 27.5 Å². The number of non-ortho nitro benzene ring substituents is 1. The lowest BCUT2D eigenvalue weighted by atomic mass is 10.2. The van der Waals surface area contributed by atoms with Crippen molar-refractivity contribution in [2.24, 2.45) is 0 Å². The highest BCUT2D eigenvalue weighted by atomic mass is 79.9. The summed E-state index contributed by atoms with van der Waals surface area (Å²) >= 11 is 9.43. The van der Waals surface area contributed by atoms with E-state index in [0.29, 0.717) is 22.7 Å². The van der Waals surface area contributed by atoms with Gasteiger partial charge in [-0.25, -0.2) is 0 Å². The van der Waals surface area contributed by atoms with Crippen LogP contribution in [0.2, 0.25) is 5.02 Å². The lowest BCUT2D eigenvalue weighted by Gasteiger charge is -2.30. The number of morpholine rings is 1. The van der Waals surface area contributed by atoms with Gasteiger partial charge < -0.3 is 9.64 Å². The minimum Gasteiger partial charge on any atom is -0.378 e. The summed E-state index contributed by atoms with van der Waals surface area (Å²) in [7, 11) is 0. The summed E-state index contributed by atoms with van der Waals surface area (Å²) in [5.74, 6) is 0. The molecule has 0 spiro atoms. The van der Waals surface area contributed by atoms with Crippen molar-refractivity contribution < 1.29 is 9.66 Å². The molecule has 0 amide bonds. The topological polar surface area (TPSA) is 55.6 Å². The van der Waals surface area contributed by atoms with Gasteiger partial charge in [0.05, 0.1) is 28.8 Å². The number of anilines is 1. The Bertz CT molecular complexity index is 426. The van der Waals surface area contributed by atoms with Gasteiger partial charge >= 0.3 is 0 Å². The molecule has 7 heteroatoms. The zero-order valence-corrected chi connectivity index (χ0v) is 11.2. The molecule has 17 heavy (non-hydrogen) atoms. The Morgan fingerprint density at radius 2 is 2.06 bits per heavy atom. The number of ether oxygens (including phenoxy) is 1. The van der Waals surface area contributed by atoms with Gasteiger partial charge in [-0.2, -0.15) is 0 Å². The van der Waals surface area contributed by atoms with E-state index in [4.69, 9.17) is 16.3 Å². The number of nitrogens with zero attached hydrogens (tertiary/aromatic N) is 2. The molecular formula is C10H10BrClN2O3. The van der Waals surface area contributed by atoms with Crippen LogP contribution < -0.4 is 4.90 Å². The maximum atomic E-state index is 10.7. The Morgan fingerprint density at radius 1 is 1.41 bits per heavy atom. The van der Waals surface area contributed by atoms with Crippen molar-refractivity contribution in [2.75, 3.05) is 31.2 Å². The van der Waals surface area contributed by atoms with Crippen molar-refractivity contribution in [3.8, 4) is 0 Å². The van der Waals surface area contributed by atoms with Gasteiger partial charge in [0.1, 0.15) is 0 Å². The van der Waals surface area contributed by atoms with Gasteiger partial charge in [0.25, 0.3) is 5.69 Å². The molecule has 1 heterocycles. The molecule has 1 aliphatic rings. The molecule has 0 unspecified atom stereocenters. The average molecular weight is 322 g/mol. The van der Waals surface area contributed by atoms with Crippen molar-refractivity contribution in [1.29, 1.82) is 0 Å². The molecule has 1 fully saturated rings. The molecule has 0 aliphatic carbocycles. The Kier molecular flexibility index (Phi) is 3.86. The highest BCUT2D eigenvalue weighted by Crippen LogP contribution is 2.37. The van der Waals surface area contributed by atoms with Gasteiger partial charge in [-0.05, 0) is 15.9 Å². The van der Waals surface area contributed by atoms with E-state index in [1.165, 1.54) is 12.1 Å². The quantitative estimate of drug-likeness (QED) is 0.621. The molecule has 0 saturated carbocycles. The van der Waals surface area contributed by atoms with Gasteiger partial charge in [-0.15, -0.1) is 0 Å². The van der Waals surface area contributed by atoms with E-state index in [9.17, 15) is 10.1 Å². The van der Waals surface area contributed by atoms with Gasteiger partial charge in [0, 0.05) is 29.7 Å². The molecule has 1 aromatic carbocycles. The first-order chi connectivity index (χ1) is 8.09. The lowest BCUT2D eigenvalue weighted by molar-refractivity contribution is -0.384. The fraction of sp³-hybridized carbons (Fsp3) is 0.400. The number of nitro groups is 1. The zero-order valence-electron chi connectivity index (χ0n) is 8.86. The van der Waals surface area contributed by atoms with Crippen molar-refractivity contribution in [3.05, 3.63) is 31.7 Å². The first-order valence-corrected chi connectivity index (χ1v) is 6.23. The van der Waals surface area contributed by atoms with Crippen LogP contribution in [0.25, 0.3) is 0 Å². The summed E-state index contributed by atoms with van der Waals surface area (Å²) < 4.78 is 5.89. The number of hydrogen-bond donors (Lipinski definition) is 0. The molecular weight excluding hydrogens is 311 g/mol.